The summed E-state index contributed by atoms with van der Waals surface area (Å²) >= 11 is 0. The average molecular weight is 640 g/mol. The largest absolute Gasteiger partial charge is 0.310 e. The molecule has 0 radical (unpaired) electrons. The minimum Gasteiger partial charge on any atom is -0.310 e. The maximum absolute atomic E-state index is 2.45. The molecule has 0 heterocycles. The van der Waals surface area contributed by atoms with Gasteiger partial charge in [0, 0.05) is 22.4 Å². The Bertz CT molecular complexity index is 2510. The second kappa shape index (κ2) is 12.1. The molecule has 0 unspecified atom stereocenters. The van der Waals surface area contributed by atoms with E-state index in [4.69, 9.17) is 0 Å². The summed E-state index contributed by atoms with van der Waals surface area (Å²) in [4.78, 5) is 2.45. The van der Waals surface area contributed by atoms with Gasteiger partial charge < -0.3 is 4.90 Å². The van der Waals surface area contributed by atoms with Gasteiger partial charge in [0.15, 0.2) is 0 Å². The van der Waals surface area contributed by atoms with E-state index in [0.717, 1.165) is 11.4 Å². The Labute approximate surface area is 294 Å². The van der Waals surface area contributed by atoms with Crippen LogP contribution >= 0.6 is 0 Å². The van der Waals surface area contributed by atoms with E-state index in [2.05, 4.69) is 207 Å². The fourth-order valence-electron chi connectivity index (χ4n) is 7.94. The van der Waals surface area contributed by atoms with Gasteiger partial charge in [0.2, 0.25) is 0 Å². The van der Waals surface area contributed by atoms with Crippen LogP contribution in [-0.4, -0.2) is 0 Å². The maximum Gasteiger partial charge on any atom is 0.0543 e. The molecule has 0 aromatic heterocycles. The highest BCUT2D eigenvalue weighted by atomic mass is 15.1. The lowest BCUT2D eigenvalue weighted by Crippen LogP contribution is -2.16. The zero-order chi connectivity index (χ0) is 33.7. The number of fused-ring (bicyclic) bond motifs is 4. The molecular formula is C49H37N. The first kappa shape index (κ1) is 29.9. The summed E-state index contributed by atoms with van der Waals surface area (Å²) in [6, 6.07) is 68.6. The van der Waals surface area contributed by atoms with E-state index in [-0.39, 0.29) is 5.41 Å². The molecule has 0 aliphatic heterocycles. The molecule has 50 heavy (non-hydrogen) atoms. The smallest absolute Gasteiger partial charge is 0.0543 e. The van der Waals surface area contributed by atoms with Crippen molar-refractivity contribution in [3.05, 3.63) is 199 Å². The van der Waals surface area contributed by atoms with E-state index in [9.17, 15) is 0 Å². The van der Waals surface area contributed by atoms with Gasteiger partial charge in [-0.05, 0) is 97.2 Å². The van der Waals surface area contributed by atoms with Gasteiger partial charge in [-0.3, -0.25) is 0 Å². The predicted octanol–water partition coefficient (Wildman–Crippen LogP) is 13.6. The molecule has 1 aliphatic rings. The molecule has 1 heteroatoms. The van der Waals surface area contributed by atoms with E-state index in [1.165, 1.54) is 72.1 Å². The minimum absolute atomic E-state index is 0.0932. The van der Waals surface area contributed by atoms with Crippen LogP contribution < -0.4 is 4.90 Å². The quantitative estimate of drug-likeness (QED) is 0.175. The highest BCUT2D eigenvalue weighted by Crippen LogP contribution is 2.54. The standard InChI is InChI=1S/C49H37N/c1-49(2)45-23-11-10-22-44(45)48-46(49)24-13-25-47(48)50(40-30-28-35(29-31-40)38-27-26-34-14-6-7-17-37(34)32-38)41-19-12-18-39(33-41)43-21-9-8-20-42(43)36-15-4-3-5-16-36/h3-33H,1-2H3. The van der Waals surface area contributed by atoms with Crippen LogP contribution in [0, 0.1) is 0 Å². The van der Waals surface area contributed by atoms with Crippen LogP contribution in [-0.2, 0) is 5.41 Å². The van der Waals surface area contributed by atoms with Crippen LogP contribution in [0.25, 0.3) is 55.3 Å². The van der Waals surface area contributed by atoms with E-state index in [1.807, 2.05) is 0 Å². The Morgan fingerprint density at radius 1 is 0.360 bits per heavy atom. The monoisotopic (exact) mass is 639 g/mol. The lowest BCUT2D eigenvalue weighted by atomic mass is 9.82. The van der Waals surface area contributed by atoms with Gasteiger partial charge in [0.05, 0.1) is 5.69 Å². The van der Waals surface area contributed by atoms with Crippen molar-refractivity contribution in [1.29, 1.82) is 0 Å². The molecule has 238 valence electrons. The van der Waals surface area contributed by atoms with Crippen molar-refractivity contribution in [2.75, 3.05) is 4.90 Å². The molecule has 8 aromatic rings. The average Bonchev–Trinajstić information content (AvgIpc) is 3.42. The molecule has 0 N–H and O–H groups in total. The summed E-state index contributed by atoms with van der Waals surface area (Å²) < 4.78 is 0. The first-order valence-corrected chi connectivity index (χ1v) is 17.4. The summed E-state index contributed by atoms with van der Waals surface area (Å²) in [5, 5.41) is 2.51. The SMILES string of the molecule is CC1(C)c2ccccc2-c2c(N(c3ccc(-c4ccc5ccccc5c4)cc3)c3cccc(-c4ccccc4-c4ccccc4)c3)cccc21. The first-order valence-electron chi connectivity index (χ1n) is 17.4. The fraction of sp³-hybridized carbons (Fsp3) is 0.0612. The Kier molecular flexibility index (Phi) is 7.21. The van der Waals surface area contributed by atoms with Gasteiger partial charge in [0.25, 0.3) is 0 Å². The van der Waals surface area contributed by atoms with Crippen molar-refractivity contribution in [1.82, 2.24) is 0 Å². The third-order valence-corrected chi connectivity index (χ3v) is 10.5. The number of benzene rings is 8. The van der Waals surface area contributed by atoms with Gasteiger partial charge in [-0.25, -0.2) is 0 Å². The van der Waals surface area contributed by atoms with Crippen LogP contribution in [0.15, 0.2) is 188 Å². The summed E-state index contributed by atoms with van der Waals surface area (Å²) in [5.74, 6) is 0. The molecule has 0 atom stereocenters. The number of rotatable bonds is 6. The van der Waals surface area contributed by atoms with Gasteiger partial charge in [0.1, 0.15) is 0 Å². The minimum atomic E-state index is -0.0932. The van der Waals surface area contributed by atoms with E-state index >= 15 is 0 Å². The number of hydrogen-bond acceptors (Lipinski definition) is 1. The molecule has 0 amide bonds. The van der Waals surface area contributed by atoms with Gasteiger partial charge in [-0.15, -0.1) is 0 Å². The molecule has 1 nitrogen and oxygen atoms in total. The van der Waals surface area contributed by atoms with Crippen molar-refractivity contribution in [2.24, 2.45) is 0 Å². The number of anilines is 3. The molecule has 0 saturated carbocycles. The molecular weight excluding hydrogens is 603 g/mol. The van der Waals surface area contributed by atoms with Crippen molar-refractivity contribution >= 4 is 27.8 Å². The molecule has 1 aliphatic carbocycles. The van der Waals surface area contributed by atoms with Crippen LogP contribution in [0.4, 0.5) is 17.1 Å². The van der Waals surface area contributed by atoms with E-state index in [1.54, 1.807) is 0 Å². The molecule has 0 spiro atoms. The normalized spacial score (nSPS) is 12.8. The van der Waals surface area contributed by atoms with Gasteiger partial charge >= 0.3 is 0 Å². The third kappa shape index (κ3) is 5.02. The summed E-state index contributed by atoms with van der Waals surface area (Å²) in [5.41, 5.74) is 16.0. The molecule has 0 fully saturated rings. The van der Waals surface area contributed by atoms with Crippen LogP contribution in [0.3, 0.4) is 0 Å². The van der Waals surface area contributed by atoms with Gasteiger partial charge in [-0.2, -0.15) is 0 Å². The molecule has 0 saturated heterocycles. The number of nitrogens with zero attached hydrogens (tertiary/aromatic N) is 1. The number of hydrogen-bond donors (Lipinski definition) is 0. The predicted molar refractivity (Wildman–Crippen MR) is 213 cm³/mol. The zero-order valence-corrected chi connectivity index (χ0v) is 28.3. The molecule has 0 bridgehead atoms. The lowest BCUT2D eigenvalue weighted by Gasteiger charge is -2.29. The van der Waals surface area contributed by atoms with Crippen molar-refractivity contribution in [2.45, 2.75) is 19.3 Å². The first-order chi connectivity index (χ1) is 24.6. The van der Waals surface area contributed by atoms with E-state index < -0.39 is 0 Å². The highest BCUT2D eigenvalue weighted by molar-refractivity contribution is 5.96. The van der Waals surface area contributed by atoms with Crippen molar-refractivity contribution in [3.63, 3.8) is 0 Å². The topological polar surface area (TPSA) is 3.24 Å². The zero-order valence-electron chi connectivity index (χ0n) is 28.3. The second-order valence-corrected chi connectivity index (χ2v) is 13.8. The second-order valence-electron chi connectivity index (χ2n) is 13.8. The van der Waals surface area contributed by atoms with Crippen LogP contribution in [0.1, 0.15) is 25.0 Å². The van der Waals surface area contributed by atoms with Gasteiger partial charge in [-0.1, -0.05) is 166 Å². The summed E-state index contributed by atoms with van der Waals surface area (Å²) in [6.45, 7) is 4.70. The summed E-state index contributed by atoms with van der Waals surface area (Å²) in [6.07, 6.45) is 0. The Morgan fingerprint density at radius 3 is 1.76 bits per heavy atom. The summed E-state index contributed by atoms with van der Waals surface area (Å²) in [7, 11) is 0. The van der Waals surface area contributed by atoms with Crippen LogP contribution in [0.5, 0.6) is 0 Å². The molecule has 9 rings (SSSR count). The Hall–Kier alpha value is -6.18. The highest BCUT2D eigenvalue weighted by Gasteiger charge is 2.37. The fourth-order valence-corrected chi connectivity index (χ4v) is 7.94. The Balaban J connectivity index is 1.22. The Morgan fingerprint density at radius 2 is 0.960 bits per heavy atom. The third-order valence-electron chi connectivity index (χ3n) is 10.5. The van der Waals surface area contributed by atoms with E-state index in [0.29, 0.717) is 0 Å². The van der Waals surface area contributed by atoms with Crippen LogP contribution in [0.2, 0.25) is 0 Å². The van der Waals surface area contributed by atoms with Crippen molar-refractivity contribution in [3.8, 4) is 44.5 Å². The van der Waals surface area contributed by atoms with Crippen molar-refractivity contribution < 1.29 is 0 Å². The maximum atomic E-state index is 2.45. The lowest BCUT2D eigenvalue weighted by molar-refractivity contribution is 0.660. The molecule has 8 aromatic carbocycles.